The van der Waals surface area contributed by atoms with Crippen LogP contribution in [-0.4, -0.2) is 76.9 Å². The monoisotopic (exact) mass is 222 g/mol. The van der Waals surface area contributed by atoms with E-state index in [-0.39, 0.29) is 26.3 Å². The Labute approximate surface area is 89.9 Å². The molecule has 6 heteroatoms. The van der Waals surface area contributed by atoms with Crippen LogP contribution < -0.4 is 5.73 Å². The van der Waals surface area contributed by atoms with Crippen LogP contribution in [0.15, 0.2) is 0 Å². The average Bonchev–Trinajstić information content (AvgIpc) is 2.25. The van der Waals surface area contributed by atoms with Gasteiger partial charge in [-0.25, -0.2) is 0 Å². The van der Waals surface area contributed by atoms with Gasteiger partial charge in [-0.3, -0.25) is 4.90 Å². The minimum absolute atomic E-state index is 0.271. The molecule has 0 amide bonds. The Balaban J connectivity index is 3.93. The Morgan fingerprint density at radius 3 is 1.80 bits per heavy atom. The van der Waals surface area contributed by atoms with E-state index in [1.165, 1.54) is 0 Å². The first-order chi connectivity index (χ1) is 7.13. The van der Waals surface area contributed by atoms with E-state index in [0.29, 0.717) is 13.1 Å². The van der Waals surface area contributed by atoms with Gasteiger partial charge in [0.05, 0.1) is 25.4 Å². The van der Waals surface area contributed by atoms with Crippen molar-refractivity contribution < 1.29 is 20.4 Å². The number of nitrogens with zero attached hydrogens (tertiary/aromatic N) is 1. The van der Waals surface area contributed by atoms with Crippen LogP contribution in [0.2, 0.25) is 0 Å². The molecule has 0 aliphatic carbocycles. The summed E-state index contributed by atoms with van der Waals surface area (Å²) in [6, 6.07) is 0. The highest BCUT2D eigenvalue weighted by atomic mass is 16.3. The lowest BCUT2D eigenvalue weighted by Crippen LogP contribution is -2.41. The van der Waals surface area contributed by atoms with Gasteiger partial charge in [0.1, 0.15) is 0 Å². The molecule has 0 fully saturated rings. The molecule has 0 saturated heterocycles. The Bertz CT molecular complexity index is 136. The van der Waals surface area contributed by atoms with Gasteiger partial charge in [-0.2, -0.15) is 0 Å². The van der Waals surface area contributed by atoms with Crippen molar-refractivity contribution in [2.24, 2.45) is 5.73 Å². The fourth-order valence-corrected chi connectivity index (χ4v) is 1.28. The molecule has 0 saturated carbocycles. The van der Waals surface area contributed by atoms with Gasteiger partial charge in [0.2, 0.25) is 0 Å². The van der Waals surface area contributed by atoms with E-state index in [0.717, 1.165) is 6.42 Å². The van der Waals surface area contributed by atoms with Crippen LogP contribution in [0.25, 0.3) is 0 Å². The number of hydrogen-bond donors (Lipinski definition) is 5. The SMILES string of the molecule is NCCCN(CC(O)CO)CC(O)CO. The second-order valence-corrected chi connectivity index (χ2v) is 3.57. The predicted octanol–water partition coefficient (Wildman–Crippen LogP) is -2.66. The first-order valence-corrected chi connectivity index (χ1v) is 5.14. The van der Waals surface area contributed by atoms with Crippen molar-refractivity contribution in [3.63, 3.8) is 0 Å². The van der Waals surface area contributed by atoms with Crippen molar-refractivity contribution in [3.8, 4) is 0 Å². The molecular formula is C9H22N2O4. The highest BCUT2D eigenvalue weighted by molar-refractivity contribution is 4.68. The molecule has 0 radical (unpaired) electrons. The Hall–Kier alpha value is -0.240. The highest BCUT2D eigenvalue weighted by Gasteiger charge is 2.14. The molecule has 0 aromatic rings. The normalized spacial score (nSPS) is 15.6. The van der Waals surface area contributed by atoms with Gasteiger partial charge in [-0.15, -0.1) is 0 Å². The molecule has 92 valence electrons. The van der Waals surface area contributed by atoms with Gasteiger partial charge in [0, 0.05) is 13.1 Å². The molecule has 0 aromatic heterocycles. The number of rotatable bonds is 9. The molecule has 15 heavy (non-hydrogen) atoms. The van der Waals surface area contributed by atoms with Crippen molar-refractivity contribution in [2.45, 2.75) is 18.6 Å². The smallest absolute Gasteiger partial charge is 0.0897 e. The van der Waals surface area contributed by atoms with Crippen LogP contribution in [0.4, 0.5) is 0 Å². The third kappa shape index (κ3) is 7.66. The minimum atomic E-state index is -0.825. The summed E-state index contributed by atoms with van der Waals surface area (Å²) in [6.07, 6.45) is -0.904. The van der Waals surface area contributed by atoms with Gasteiger partial charge in [-0.1, -0.05) is 0 Å². The quantitative estimate of drug-likeness (QED) is 0.291. The zero-order chi connectivity index (χ0) is 11.7. The molecule has 0 aliphatic heterocycles. The lowest BCUT2D eigenvalue weighted by molar-refractivity contribution is 0.0232. The fraction of sp³-hybridized carbons (Fsp3) is 1.00. The second kappa shape index (κ2) is 9.02. The topological polar surface area (TPSA) is 110 Å². The summed E-state index contributed by atoms with van der Waals surface area (Å²) < 4.78 is 0. The number of nitrogens with two attached hydrogens (primary N) is 1. The summed E-state index contributed by atoms with van der Waals surface area (Å²) >= 11 is 0. The van der Waals surface area contributed by atoms with E-state index in [1.54, 1.807) is 4.90 Å². The van der Waals surface area contributed by atoms with E-state index in [1.807, 2.05) is 0 Å². The standard InChI is InChI=1S/C9H22N2O4/c10-2-1-3-11(4-8(14)6-12)5-9(15)7-13/h8-9,12-15H,1-7,10H2. The van der Waals surface area contributed by atoms with E-state index < -0.39 is 12.2 Å². The zero-order valence-electron chi connectivity index (χ0n) is 8.92. The van der Waals surface area contributed by atoms with E-state index in [9.17, 15) is 10.2 Å². The minimum Gasteiger partial charge on any atom is -0.394 e. The predicted molar refractivity (Wildman–Crippen MR) is 56.3 cm³/mol. The molecule has 2 atom stereocenters. The molecule has 0 bridgehead atoms. The lowest BCUT2D eigenvalue weighted by atomic mass is 10.2. The first-order valence-electron chi connectivity index (χ1n) is 5.14. The summed E-state index contributed by atoms with van der Waals surface area (Å²) in [7, 11) is 0. The number of aliphatic hydroxyl groups excluding tert-OH is 4. The molecule has 0 rings (SSSR count). The van der Waals surface area contributed by atoms with Crippen molar-refractivity contribution in [1.29, 1.82) is 0 Å². The molecule has 0 heterocycles. The van der Waals surface area contributed by atoms with E-state index in [4.69, 9.17) is 15.9 Å². The highest BCUT2D eigenvalue weighted by Crippen LogP contribution is 1.97. The van der Waals surface area contributed by atoms with Crippen molar-refractivity contribution in [3.05, 3.63) is 0 Å². The Kier molecular flexibility index (Phi) is 8.88. The summed E-state index contributed by atoms with van der Waals surface area (Å²) in [4.78, 5) is 1.77. The number of aliphatic hydroxyl groups is 4. The third-order valence-electron chi connectivity index (χ3n) is 2.04. The average molecular weight is 222 g/mol. The molecule has 0 aromatic carbocycles. The van der Waals surface area contributed by atoms with Gasteiger partial charge in [0.15, 0.2) is 0 Å². The maximum Gasteiger partial charge on any atom is 0.0897 e. The van der Waals surface area contributed by atoms with Crippen LogP contribution in [0, 0.1) is 0 Å². The molecule has 6 nitrogen and oxygen atoms in total. The summed E-state index contributed by atoms with van der Waals surface area (Å²) in [5, 5.41) is 35.9. The second-order valence-electron chi connectivity index (χ2n) is 3.57. The molecule has 0 aliphatic rings. The van der Waals surface area contributed by atoms with Gasteiger partial charge >= 0.3 is 0 Å². The summed E-state index contributed by atoms with van der Waals surface area (Å²) in [5.41, 5.74) is 5.35. The molecule has 0 spiro atoms. The third-order valence-corrected chi connectivity index (χ3v) is 2.04. The van der Waals surface area contributed by atoms with Crippen LogP contribution >= 0.6 is 0 Å². The molecule has 6 N–H and O–H groups in total. The van der Waals surface area contributed by atoms with Crippen molar-refractivity contribution >= 4 is 0 Å². The van der Waals surface area contributed by atoms with E-state index in [2.05, 4.69) is 0 Å². The summed E-state index contributed by atoms with van der Waals surface area (Å²) in [5.74, 6) is 0. The van der Waals surface area contributed by atoms with Gasteiger partial charge < -0.3 is 26.2 Å². The van der Waals surface area contributed by atoms with E-state index >= 15 is 0 Å². The van der Waals surface area contributed by atoms with Crippen molar-refractivity contribution in [2.75, 3.05) is 39.4 Å². The first kappa shape index (κ1) is 14.8. The maximum absolute atomic E-state index is 9.25. The van der Waals surface area contributed by atoms with Gasteiger partial charge in [0.25, 0.3) is 0 Å². The Morgan fingerprint density at radius 1 is 1.00 bits per heavy atom. The molecule has 2 unspecified atom stereocenters. The van der Waals surface area contributed by atoms with Crippen LogP contribution in [0.1, 0.15) is 6.42 Å². The van der Waals surface area contributed by atoms with Crippen LogP contribution in [0.5, 0.6) is 0 Å². The number of hydrogen-bond acceptors (Lipinski definition) is 6. The summed E-state index contributed by atoms with van der Waals surface area (Å²) in [6.45, 7) is 1.08. The van der Waals surface area contributed by atoms with Crippen LogP contribution in [-0.2, 0) is 0 Å². The lowest BCUT2D eigenvalue weighted by Gasteiger charge is -2.25. The molecular weight excluding hydrogens is 200 g/mol. The maximum atomic E-state index is 9.25. The Morgan fingerprint density at radius 2 is 1.47 bits per heavy atom. The van der Waals surface area contributed by atoms with Gasteiger partial charge in [-0.05, 0) is 19.5 Å². The van der Waals surface area contributed by atoms with Crippen LogP contribution in [0.3, 0.4) is 0 Å². The fourth-order valence-electron chi connectivity index (χ4n) is 1.28. The zero-order valence-corrected chi connectivity index (χ0v) is 8.92. The largest absolute Gasteiger partial charge is 0.394 e. The van der Waals surface area contributed by atoms with Crippen molar-refractivity contribution in [1.82, 2.24) is 4.90 Å².